The molecule has 0 saturated carbocycles. The van der Waals surface area contributed by atoms with Crippen molar-refractivity contribution in [3.63, 3.8) is 0 Å². The molecule has 0 spiro atoms. The smallest absolute Gasteiger partial charge is 0.194 e. The average molecular weight is 320 g/mol. The summed E-state index contributed by atoms with van der Waals surface area (Å²) in [4.78, 5) is 19.7. The number of ether oxygens (including phenoxy) is 1. The topological polar surface area (TPSA) is 144 Å². The van der Waals surface area contributed by atoms with E-state index < -0.39 is 30.6 Å². The summed E-state index contributed by atoms with van der Waals surface area (Å²) in [5, 5.41) is 30.2. The monoisotopic (exact) mass is 320 g/mol. The van der Waals surface area contributed by atoms with Crippen LogP contribution in [0.2, 0.25) is 0 Å². The first kappa shape index (κ1) is 15.6. The van der Waals surface area contributed by atoms with Gasteiger partial charge in [-0.1, -0.05) is 6.08 Å². The largest absolute Gasteiger partial charge is 0.387 e. The molecule has 122 valence electrons. The second-order valence-corrected chi connectivity index (χ2v) is 5.24. The molecule has 0 amide bonds. The van der Waals surface area contributed by atoms with Crippen molar-refractivity contribution in [1.82, 2.24) is 14.5 Å². The summed E-state index contributed by atoms with van der Waals surface area (Å²) in [5.41, 5.74) is 5.50. The van der Waals surface area contributed by atoms with Crippen LogP contribution in [0.4, 0.5) is 5.82 Å². The molecule has 2 aromatic heterocycles. The third kappa shape index (κ3) is 2.39. The molecule has 0 aliphatic carbocycles. The van der Waals surface area contributed by atoms with Gasteiger partial charge in [-0.2, -0.15) is 0 Å². The Morgan fingerprint density at radius 3 is 2.83 bits per heavy atom. The summed E-state index contributed by atoms with van der Waals surface area (Å²) < 4.78 is 6.92. The molecule has 3 rings (SSSR count). The van der Waals surface area contributed by atoms with Gasteiger partial charge in [0.2, 0.25) is 0 Å². The predicted octanol–water partition coefficient (Wildman–Crippen LogP) is -1.46. The van der Waals surface area contributed by atoms with Crippen LogP contribution in [0.1, 0.15) is 6.23 Å². The molecule has 9 heteroatoms. The van der Waals surface area contributed by atoms with Gasteiger partial charge in [-0.25, -0.2) is 9.97 Å². The van der Waals surface area contributed by atoms with E-state index in [0.717, 1.165) is 0 Å². The van der Waals surface area contributed by atoms with Gasteiger partial charge in [-0.05, 0) is 0 Å². The van der Waals surface area contributed by atoms with Crippen molar-refractivity contribution in [1.29, 1.82) is 0 Å². The Kier molecular flexibility index (Phi) is 3.86. The molecule has 23 heavy (non-hydrogen) atoms. The van der Waals surface area contributed by atoms with E-state index in [1.807, 2.05) is 0 Å². The van der Waals surface area contributed by atoms with Gasteiger partial charge in [0.25, 0.3) is 0 Å². The zero-order chi connectivity index (χ0) is 16.7. The maximum atomic E-state index is 12.0. The molecule has 1 fully saturated rings. The van der Waals surface area contributed by atoms with Crippen molar-refractivity contribution in [2.45, 2.75) is 30.6 Å². The van der Waals surface area contributed by atoms with Crippen LogP contribution in [0.3, 0.4) is 0 Å². The van der Waals surface area contributed by atoms with Crippen LogP contribution in [0.5, 0.6) is 0 Å². The number of aliphatic hydroxyl groups excluding tert-OH is 3. The third-order valence-electron chi connectivity index (χ3n) is 3.86. The summed E-state index contributed by atoms with van der Waals surface area (Å²) in [6, 6.07) is 1.24. The van der Waals surface area contributed by atoms with Gasteiger partial charge in [0.1, 0.15) is 41.9 Å². The molecule has 0 bridgehead atoms. The normalized spacial score (nSPS) is 28.8. The molecule has 5 atom stereocenters. The molecule has 1 saturated heterocycles. The number of aliphatic hydroxyl groups is 3. The van der Waals surface area contributed by atoms with Crippen LogP contribution >= 0.6 is 0 Å². The highest BCUT2D eigenvalue weighted by molar-refractivity contribution is 5.84. The number of aromatic nitrogens is 3. The van der Waals surface area contributed by atoms with Crippen LogP contribution in [0, 0.1) is 0 Å². The Balaban J connectivity index is 2.11. The van der Waals surface area contributed by atoms with Crippen molar-refractivity contribution in [3.05, 3.63) is 41.5 Å². The van der Waals surface area contributed by atoms with Gasteiger partial charge in [-0.15, -0.1) is 6.58 Å². The second kappa shape index (κ2) is 5.70. The standard InChI is InChI=1S/C14H16N4O5/c1-2-6(19)11-9(21)10(22)14(23-11)18-4-3-7(20)8-12(15)16-5-17-13(8)18/h2-6,9-11,14,19,21-22H,1H2,(H2,15,16,17)/t6-,9-,10-,11-,14-/m0/s1. The Bertz CT molecular complexity index is 807. The van der Waals surface area contributed by atoms with Crippen molar-refractivity contribution >= 4 is 16.9 Å². The van der Waals surface area contributed by atoms with Crippen molar-refractivity contribution in [3.8, 4) is 0 Å². The first-order chi connectivity index (χ1) is 11.0. The van der Waals surface area contributed by atoms with E-state index in [1.54, 1.807) is 0 Å². The summed E-state index contributed by atoms with van der Waals surface area (Å²) in [7, 11) is 0. The van der Waals surface area contributed by atoms with Crippen LogP contribution in [-0.2, 0) is 4.74 Å². The van der Waals surface area contributed by atoms with Gasteiger partial charge in [-0.3, -0.25) is 4.79 Å². The minimum absolute atomic E-state index is 0.00469. The zero-order valence-corrected chi connectivity index (χ0v) is 12.0. The Morgan fingerprint density at radius 1 is 1.39 bits per heavy atom. The van der Waals surface area contributed by atoms with Gasteiger partial charge in [0, 0.05) is 12.3 Å². The molecule has 1 aliphatic heterocycles. The van der Waals surface area contributed by atoms with Crippen LogP contribution in [0.25, 0.3) is 11.0 Å². The fourth-order valence-corrected chi connectivity index (χ4v) is 2.66. The Labute approximate surface area is 130 Å². The molecular weight excluding hydrogens is 304 g/mol. The zero-order valence-electron chi connectivity index (χ0n) is 12.0. The lowest BCUT2D eigenvalue weighted by atomic mass is 10.1. The molecule has 3 heterocycles. The lowest BCUT2D eigenvalue weighted by Crippen LogP contribution is -2.37. The predicted molar refractivity (Wildman–Crippen MR) is 80.3 cm³/mol. The van der Waals surface area contributed by atoms with E-state index in [9.17, 15) is 20.1 Å². The number of pyridine rings is 1. The molecule has 0 unspecified atom stereocenters. The number of hydrogen-bond donors (Lipinski definition) is 4. The van der Waals surface area contributed by atoms with E-state index >= 15 is 0 Å². The number of nitrogen functional groups attached to an aromatic ring is 1. The van der Waals surface area contributed by atoms with Crippen molar-refractivity contribution < 1.29 is 20.1 Å². The maximum Gasteiger partial charge on any atom is 0.194 e. The maximum absolute atomic E-state index is 12.0. The van der Waals surface area contributed by atoms with Crippen molar-refractivity contribution in [2.24, 2.45) is 0 Å². The fraction of sp³-hybridized carbons (Fsp3) is 0.357. The summed E-state index contributed by atoms with van der Waals surface area (Å²) >= 11 is 0. The Hall–Kier alpha value is -2.33. The van der Waals surface area contributed by atoms with E-state index in [0.29, 0.717) is 0 Å². The van der Waals surface area contributed by atoms with E-state index in [2.05, 4.69) is 16.5 Å². The van der Waals surface area contributed by atoms with E-state index in [-0.39, 0.29) is 22.3 Å². The highest BCUT2D eigenvalue weighted by atomic mass is 16.6. The average Bonchev–Trinajstić information content (AvgIpc) is 2.83. The number of hydrogen-bond acceptors (Lipinski definition) is 8. The Morgan fingerprint density at radius 2 is 2.13 bits per heavy atom. The quantitative estimate of drug-likeness (QED) is 0.502. The molecule has 5 N–H and O–H groups in total. The van der Waals surface area contributed by atoms with E-state index in [1.165, 1.54) is 29.2 Å². The van der Waals surface area contributed by atoms with Gasteiger partial charge >= 0.3 is 0 Å². The SMILES string of the molecule is C=C[C@H](O)[C@@H]1O[C@H](n2ccc(=O)c3c(N)ncnc32)[C@@H](O)[C@@H]1O. The van der Waals surface area contributed by atoms with E-state index in [4.69, 9.17) is 10.5 Å². The van der Waals surface area contributed by atoms with Gasteiger partial charge in [0.15, 0.2) is 17.3 Å². The number of rotatable bonds is 3. The molecule has 0 radical (unpaired) electrons. The second-order valence-electron chi connectivity index (χ2n) is 5.24. The van der Waals surface area contributed by atoms with Gasteiger partial charge in [0.05, 0.1) is 0 Å². The first-order valence-electron chi connectivity index (χ1n) is 6.89. The van der Waals surface area contributed by atoms with Crippen LogP contribution < -0.4 is 11.2 Å². The fourth-order valence-electron chi connectivity index (χ4n) is 2.66. The molecule has 9 nitrogen and oxygen atoms in total. The lowest BCUT2D eigenvalue weighted by molar-refractivity contribution is -0.0697. The molecule has 2 aromatic rings. The lowest BCUT2D eigenvalue weighted by Gasteiger charge is -2.20. The summed E-state index contributed by atoms with van der Waals surface area (Å²) in [6.45, 7) is 3.43. The number of anilines is 1. The first-order valence-corrected chi connectivity index (χ1v) is 6.89. The highest BCUT2D eigenvalue weighted by Crippen LogP contribution is 2.32. The van der Waals surface area contributed by atoms with Crippen LogP contribution in [-0.4, -0.2) is 54.3 Å². The summed E-state index contributed by atoms with van der Waals surface area (Å²) in [5.74, 6) is 0.00469. The van der Waals surface area contributed by atoms with Crippen molar-refractivity contribution in [2.75, 3.05) is 5.73 Å². The highest BCUT2D eigenvalue weighted by Gasteiger charge is 2.46. The molecule has 0 aromatic carbocycles. The molecule has 1 aliphatic rings. The van der Waals surface area contributed by atoms with Crippen LogP contribution in [0.15, 0.2) is 36.0 Å². The third-order valence-corrected chi connectivity index (χ3v) is 3.86. The number of fused-ring (bicyclic) bond motifs is 1. The van der Waals surface area contributed by atoms with Gasteiger partial charge < -0.3 is 30.4 Å². The number of nitrogens with zero attached hydrogens (tertiary/aromatic N) is 3. The molecular formula is C14H16N4O5. The number of nitrogens with two attached hydrogens (primary N) is 1. The minimum atomic E-state index is -1.34. The summed E-state index contributed by atoms with van der Waals surface area (Å²) in [6.07, 6.45) is -2.18. The minimum Gasteiger partial charge on any atom is -0.387 e.